The van der Waals surface area contributed by atoms with E-state index in [1.165, 1.54) is 10.6 Å². The van der Waals surface area contributed by atoms with Crippen molar-refractivity contribution in [2.45, 2.75) is 19.8 Å². The summed E-state index contributed by atoms with van der Waals surface area (Å²) in [4.78, 5) is 8.18. The molecule has 0 saturated heterocycles. The van der Waals surface area contributed by atoms with E-state index in [4.69, 9.17) is 5.73 Å². The van der Waals surface area contributed by atoms with Gasteiger partial charge in [-0.15, -0.1) is 11.3 Å². The van der Waals surface area contributed by atoms with Crippen LogP contribution in [0.4, 0.5) is 5.13 Å². The Morgan fingerprint density at radius 3 is 3.00 bits per heavy atom. The third kappa shape index (κ3) is 3.48. The van der Waals surface area contributed by atoms with E-state index in [0.717, 1.165) is 43.6 Å². The minimum Gasteiger partial charge on any atom is -0.508 e. The molecular formula is C17H21N3OS. The van der Waals surface area contributed by atoms with Crippen molar-refractivity contribution in [3.8, 4) is 5.75 Å². The van der Waals surface area contributed by atoms with Crippen LogP contribution in [-0.2, 0) is 12.8 Å². The standard InChI is InChI=1S/C17H21N3OS/c1-12-4-5-13(11-15(12)21)3-2-8-20-9-6-14-16(7-10-20)22-17(18)19-14/h2-5,11,21H,6-10H2,1H3,(H2,18,19)/b3-2+. The van der Waals surface area contributed by atoms with Gasteiger partial charge in [-0.05, 0) is 30.5 Å². The zero-order valence-corrected chi connectivity index (χ0v) is 13.6. The Morgan fingerprint density at radius 1 is 1.36 bits per heavy atom. The first-order chi connectivity index (χ1) is 10.6. The molecular weight excluding hydrogens is 294 g/mol. The van der Waals surface area contributed by atoms with Crippen molar-refractivity contribution in [3.05, 3.63) is 46.0 Å². The summed E-state index contributed by atoms with van der Waals surface area (Å²) in [5, 5.41) is 10.4. The van der Waals surface area contributed by atoms with Crippen molar-refractivity contribution >= 4 is 22.5 Å². The number of hydrogen-bond donors (Lipinski definition) is 2. The maximum Gasteiger partial charge on any atom is 0.180 e. The van der Waals surface area contributed by atoms with Crippen LogP contribution >= 0.6 is 11.3 Å². The van der Waals surface area contributed by atoms with Gasteiger partial charge in [0.2, 0.25) is 0 Å². The zero-order valence-electron chi connectivity index (χ0n) is 12.7. The quantitative estimate of drug-likeness (QED) is 0.914. The van der Waals surface area contributed by atoms with E-state index >= 15 is 0 Å². The molecule has 0 bridgehead atoms. The molecule has 4 nitrogen and oxygen atoms in total. The molecule has 1 aromatic heterocycles. The molecule has 0 amide bonds. The first-order valence-electron chi connectivity index (χ1n) is 7.54. The van der Waals surface area contributed by atoms with E-state index in [1.807, 2.05) is 19.1 Å². The molecule has 0 saturated carbocycles. The lowest BCUT2D eigenvalue weighted by Crippen LogP contribution is -2.26. The van der Waals surface area contributed by atoms with Crippen molar-refractivity contribution in [1.82, 2.24) is 9.88 Å². The van der Waals surface area contributed by atoms with E-state index in [1.54, 1.807) is 17.4 Å². The number of aromatic nitrogens is 1. The summed E-state index contributed by atoms with van der Waals surface area (Å²) >= 11 is 1.62. The Labute approximate surface area is 134 Å². The number of fused-ring (bicyclic) bond motifs is 1. The Kier molecular flexibility index (Phi) is 4.45. The summed E-state index contributed by atoms with van der Waals surface area (Å²) in [6.07, 6.45) is 6.23. The van der Waals surface area contributed by atoms with Gasteiger partial charge >= 0.3 is 0 Å². The number of phenolic OH excluding ortho intramolecular Hbond substituents is 1. The molecule has 0 unspecified atom stereocenters. The molecule has 2 heterocycles. The van der Waals surface area contributed by atoms with Crippen molar-refractivity contribution in [1.29, 1.82) is 0 Å². The summed E-state index contributed by atoms with van der Waals surface area (Å²) in [5.41, 5.74) is 8.89. The molecule has 1 aromatic carbocycles. The number of thiazole rings is 1. The van der Waals surface area contributed by atoms with Gasteiger partial charge in [0.05, 0.1) is 5.69 Å². The van der Waals surface area contributed by atoms with E-state index in [9.17, 15) is 5.11 Å². The van der Waals surface area contributed by atoms with Crippen molar-refractivity contribution in [2.24, 2.45) is 0 Å². The predicted octanol–water partition coefficient (Wildman–Crippen LogP) is 2.85. The highest BCUT2D eigenvalue weighted by Gasteiger charge is 2.16. The van der Waals surface area contributed by atoms with Crippen LogP contribution in [0.2, 0.25) is 0 Å². The highest BCUT2D eigenvalue weighted by atomic mass is 32.1. The van der Waals surface area contributed by atoms with Gasteiger partial charge in [-0.1, -0.05) is 24.3 Å². The first-order valence-corrected chi connectivity index (χ1v) is 8.36. The number of rotatable bonds is 3. The van der Waals surface area contributed by atoms with Crippen LogP contribution in [0.25, 0.3) is 6.08 Å². The van der Waals surface area contributed by atoms with E-state index in [2.05, 4.69) is 22.0 Å². The fourth-order valence-corrected chi connectivity index (χ4v) is 3.55. The number of benzene rings is 1. The highest BCUT2D eigenvalue weighted by Crippen LogP contribution is 2.24. The molecule has 116 valence electrons. The van der Waals surface area contributed by atoms with Gasteiger partial charge < -0.3 is 10.8 Å². The Hall–Kier alpha value is -1.85. The molecule has 0 spiro atoms. The van der Waals surface area contributed by atoms with Gasteiger partial charge in [-0.25, -0.2) is 4.98 Å². The Morgan fingerprint density at radius 2 is 2.18 bits per heavy atom. The minimum absolute atomic E-state index is 0.352. The third-order valence-electron chi connectivity index (χ3n) is 4.02. The molecule has 3 N–H and O–H groups in total. The summed E-state index contributed by atoms with van der Waals surface area (Å²) in [6.45, 7) is 4.87. The molecule has 0 radical (unpaired) electrons. The Balaban J connectivity index is 1.57. The number of nitrogens with two attached hydrogens (primary N) is 1. The maximum absolute atomic E-state index is 9.72. The summed E-state index contributed by atoms with van der Waals surface area (Å²) in [5.74, 6) is 0.352. The number of nitrogen functional groups attached to an aromatic ring is 1. The lowest BCUT2D eigenvalue weighted by Gasteiger charge is -2.17. The zero-order chi connectivity index (χ0) is 15.5. The molecule has 0 atom stereocenters. The molecule has 1 aliphatic rings. The van der Waals surface area contributed by atoms with Crippen LogP contribution in [0.5, 0.6) is 5.75 Å². The number of nitrogens with zero attached hydrogens (tertiary/aromatic N) is 2. The van der Waals surface area contributed by atoms with Crippen molar-refractivity contribution < 1.29 is 5.11 Å². The van der Waals surface area contributed by atoms with E-state index in [-0.39, 0.29) is 0 Å². The van der Waals surface area contributed by atoms with Gasteiger partial charge in [-0.3, -0.25) is 4.90 Å². The fraction of sp³-hybridized carbons (Fsp3) is 0.353. The van der Waals surface area contributed by atoms with Crippen LogP contribution in [0.15, 0.2) is 24.3 Å². The van der Waals surface area contributed by atoms with Gasteiger partial charge in [0.1, 0.15) is 5.75 Å². The lowest BCUT2D eigenvalue weighted by atomic mass is 10.1. The number of aromatic hydroxyl groups is 1. The van der Waals surface area contributed by atoms with Crippen LogP contribution in [-0.4, -0.2) is 34.6 Å². The summed E-state index contributed by atoms with van der Waals surface area (Å²) in [6, 6.07) is 5.77. The fourth-order valence-electron chi connectivity index (χ4n) is 2.68. The monoisotopic (exact) mass is 315 g/mol. The van der Waals surface area contributed by atoms with Crippen LogP contribution in [0.1, 0.15) is 21.7 Å². The second-order valence-corrected chi connectivity index (χ2v) is 6.79. The summed E-state index contributed by atoms with van der Waals surface area (Å²) in [7, 11) is 0. The first kappa shape index (κ1) is 15.1. The molecule has 1 aliphatic heterocycles. The van der Waals surface area contributed by atoms with Crippen molar-refractivity contribution in [2.75, 3.05) is 25.4 Å². The maximum atomic E-state index is 9.72. The van der Waals surface area contributed by atoms with E-state index in [0.29, 0.717) is 10.9 Å². The van der Waals surface area contributed by atoms with Crippen LogP contribution in [0, 0.1) is 6.92 Å². The number of phenols is 1. The second-order valence-electron chi connectivity index (χ2n) is 5.67. The van der Waals surface area contributed by atoms with E-state index < -0.39 is 0 Å². The van der Waals surface area contributed by atoms with Gasteiger partial charge in [0, 0.05) is 30.9 Å². The molecule has 2 aromatic rings. The topological polar surface area (TPSA) is 62.4 Å². The SMILES string of the molecule is Cc1ccc(/C=C/CN2CCc3nc(N)sc3CC2)cc1O. The van der Waals surface area contributed by atoms with Crippen LogP contribution < -0.4 is 5.73 Å². The molecule has 0 aliphatic carbocycles. The average Bonchev–Trinajstić information content (AvgIpc) is 2.75. The van der Waals surface area contributed by atoms with Crippen molar-refractivity contribution in [3.63, 3.8) is 0 Å². The minimum atomic E-state index is 0.352. The van der Waals surface area contributed by atoms with Gasteiger partial charge in [0.25, 0.3) is 0 Å². The highest BCUT2D eigenvalue weighted by molar-refractivity contribution is 7.15. The van der Waals surface area contributed by atoms with Crippen LogP contribution in [0.3, 0.4) is 0 Å². The largest absolute Gasteiger partial charge is 0.508 e. The lowest BCUT2D eigenvalue weighted by molar-refractivity contribution is 0.318. The Bertz CT molecular complexity index is 668. The second kappa shape index (κ2) is 6.50. The number of anilines is 1. The normalized spacial score (nSPS) is 15.9. The number of hydrogen-bond acceptors (Lipinski definition) is 5. The summed E-state index contributed by atoms with van der Waals surface area (Å²) < 4.78 is 0. The third-order valence-corrected chi connectivity index (χ3v) is 5.01. The predicted molar refractivity (Wildman–Crippen MR) is 92.3 cm³/mol. The molecule has 5 heteroatoms. The van der Waals surface area contributed by atoms with Gasteiger partial charge in [-0.2, -0.15) is 0 Å². The molecule has 3 rings (SSSR count). The molecule has 0 fully saturated rings. The molecule has 22 heavy (non-hydrogen) atoms. The number of aryl methyl sites for hydroxylation is 1. The average molecular weight is 315 g/mol. The van der Waals surface area contributed by atoms with Gasteiger partial charge in [0.15, 0.2) is 5.13 Å². The smallest absolute Gasteiger partial charge is 0.180 e.